The zero-order valence-corrected chi connectivity index (χ0v) is 16.5. The molecule has 0 aromatic heterocycles. The summed E-state index contributed by atoms with van der Waals surface area (Å²) in [5.41, 5.74) is 2.82. The van der Waals surface area contributed by atoms with Gasteiger partial charge in [-0.1, -0.05) is 97.9 Å². The molecule has 0 aliphatic heterocycles. The predicted molar refractivity (Wildman–Crippen MR) is 114 cm³/mol. The van der Waals surface area contributed by atoms with Crippen molar-refractivity contribution in [2.75, 3.05) is 13.2 Å². The van der Waals surface area contributed by atoms with Crippen molar-refractivity contribution in [3.63, 3.8) is 0 Å². The molecule has 4 nitrogen and oxygen atoms in total. The van der Waals surface area contributed by atoms with Crippen LogP contribution in [0.3, 0.4) is 0 Å². The summed E-state index contributed by atoms with van der Waals surface area (Å²) in [5.74, 6) is -1.12. The van der Waals surface area contributed by atoms with Crippen LogP contribution >= 0.6 is 0 Å². The van der Waals surface area contributed by atoms with Crippen molar-refractivity contribution in [1.82, 2.24) is 5.32 Å². The third-order valence-electron chi connectivity index (χ3n) is 4.82. The van der Waals surface area contributed by atoms with Gasteiger partial charge in [-0.05, 0) is 22.6 Å². The number of rotatable bonds is 8. The van der Waals surface area contributed by atoms with Crippen molar-refractivity contribution in [2.45, 2.75) is 18.8 Å². The van der Waals surface area contributed by atoms with Gasteiger partial charge in [-0.2, -0.15) is 0 Å². The molecule has 0 aliphatic rings. The zero-order chi connectivity index (χ0) is 20.5. The van der Waals surface area contributed by atoms with Crippen LogP contribution in [-0.4, -0.2) is 25.0 Å². The summed E-state index contributed by atoms with van der Waals surface area (Å²) in [6.45, 7) is 2.24. The van der Waals surface area contributed by atoms with Gasteiger partial charge in [-0.15, -0.1) is 0 Å². The van der Waals surface area contributed by atoms with Gasteiger partial charge in [0.15, 0.2) is 6.61 Å². The molecule has 0 unspecified atom stereocenters. The van der Waals surface area contributed by atoms with Gasteiger partial charge in [0.05, 0.1) is 0 Å². The third-order valence-corrected chi connectivity index (χ3v) is 4.82. The number of nitrogens with one attached hydrogen (secondary N) is 1. The fourth-order valence-corrected chi connectivity index (χ4v) is 3.19. The summed E-state index contributed by atoms with van der Waals surface area (Å²) in [6, 6.07) is 28.9. The van der Waals surface area contributed by atoms with E-state index in [1.165, 1.54) is 0 Å². The smallest absolute Gasteiger partial charge is 0.318 e. The molecule has 0 saturated heterocycles. The topological polar surface area (TPSA) is 55.4 Å². The van der Waals surface area contributed by atoms with Crippen LogP contribution in [0.25, 0.3) is 0 Å². The highest BCUT2D eigenvalue weighted by Crippen LogP contribution is 2.25. The first kappa shape index (κ1) is 20.3. The van der Waals surface area contributed by atoms with Crippen LogP contribution in [0.4, 0.5) is 0 Å². The molecule has 4 heteroatoms. The molecule has 3 aromatic rings. The summed E-state index contributed by atoms with van der Waals surface area (Å²) in [4.78, 5) is 25.0. The monoisotopic (exact) mass is 387 g/mol. The SMILES string of the molecule is C[C@H](CNC(=O)COC(=O)C(c1ccccc1)c1ccccc1)c1ccccc1. The molecule has 1 N–H and O–H groups in total. The molecule has 1 amide bonds. The Morgan fingerprint density at radius 3 is 1.69 bits per heavy atom. The van der Waals surface area contributed by atoms with Gasteiger partial charge in [0.2, 0.25) is 0 Å². The quantitative estimate of drug-likeness (QED) is 0.587. The number of carbonyl (C=O) groups excluding carboxylic acids is 2. The summed E-state index contributed by atoms with van der Waals surface area (Å²) >= 11 is 0. The Morgan fingerprint density at radius 2 is 1.21 bits per heavy atom. The Kier molecular flexibility index (Phi) is 7.17. The molecule has 1 atom stereocenters. The van der Waals surface area contributed by atoms with Gasteiger partial charge in [-0.25, -0.2) is 0 Å². The lowest BCUT2D eigenvalue weighted by atomic mass is 9.91. The van der Waals surface area contributed by atoms with E-state index in [1.54, 1.807) is 0 Å². The number of benzene rings is 3. The maximum Gasteiger partial charge on any atom is 0.318 e. The van der Waals surface area contributed by atoms with Crippen molar-refractivity contribution in [3.05, 3.63) is 108 Å². The van der Waals surface area contributed by atoms with Crippen LogP contribution in [0.2, 0.25) is 0 Å². The second kappa shape index (κ2) is 10.2. The number of hydrogen-bond donors (Lipinski definition) is 1. The van der Waals surface area contributed by atoms with Gasteiger partial charge in [0.1, 0.15) is 5.92 Å². The van der Waals surface area contributed by atoms with E-state index in [2.05, 4.69) is 5.32 Å². The lowest BCUT2D eigenvalue weighted by Crippen LogP contribution is -2.32. The average Bonchev–Trinajstić information content (AvgIpc) is 2.78. The minimum absolute atomic E-state index is 0.178. The standard InChI is InChI=1S/C25H25NO3/c1-19(20-11-5-2-6-12-20)17-26-23(27)18-29-25(28)24(21-13-7-3-8-14-21)22-15-9-4-10-16-22/h2-16,19,24H,17-18H2,1H3,(H,26,27)/t19-/m1/s1. The first-order valence-corrected chi connectivity index (χ1v) is 9.73. The van der Waals surface area contributed by atoms with Crippen LogP contribution in [0.15, 0.2) is 91.0 Å². The normalized spacial score (nSPS) is 11.7. The lowest BCUT2D eigenvalue weighted by molar-refractivity contribution is -0.149. The Bertz CT molecular complexity index is 871. The van der Waals surface area contributed by atoms with Crippen molar-refractivity contribution in [1.29, 1.82) is 0 Å². The van der Waals surface area contributed by atoms with E-state index >= 15 is 0 Å². The predicted octanol–water partition coefficient (Wildman–Crippen LogP) is 4.28. The van der Waals surface area contributed by atoms with Crippen LogP contribution in [0.5, 0.6) is 0 Å². The molecule has 0 bridgehead atoms. The van der Waals surface area contributed by atoms with Crippen molar-refractivity contribution < 1.29 is 14.3 Å². The van der Waals surface area contributed by atoms with Gasteiger partial charge in [0, 0.05) is 6.54 Å². The Morgan fingerprint density at radius 1 is 0.759 bits per heavy atom. The van der Waals surface area contributed by atoms with E-state index < -0.39 is 11.9 Å². The molecular weight excluding hydrogens is 362 g/mol. The van der Waals surface area contributed by atoms with Crippen LogP contribution in [0, 0.1) is 0 Å². The number of hydrogen-bond acceptors (Lipinski definition) is 3. The zero-order valence-electron chi connectivity index (χ0n) is 16.5. The fraction of sp³-hybridized carbons (Fsp3) is 0.200. The molecule has 0 aliphatic carbocycles. The molecule has 0 spiro atoms. The van der Waals surface area contributed by atoms with E-state index in [0.717, 1.165) is 16.7 Å². The van der Waals surface area contributed by atoms with E-state index in [9.17, 15) is 9.59 Å². The molecule has 0 heterocycles. The molecule has 3 rings (SSSR count). The third kappa shape index (κ3) is 5.79. The van der Waals surface area contributed by atoms with Gasteiger partial charge < -0.3 is 10.1 Å². The van der Waals surface area contributed by atoms with Crippen molar-refractivity contribution in [3.8, 4) is 0 Å². The number of esters is 1. The minimum Gasteiger partial charge on any atom is -0.455 e. The maximum atomic E-state index is 12.8. The van der Waals surface area contributed by atoms with E-state index in [0.29, 0.717) is 6.54 Å². The van der Waals surface area contributed by atoms with Gasteiger partial charge in [-0.3, -0.25) is 9.59 Å². The second-order valence-electron chi connectivity index (χ2n) is 6.98. The summed E-state index contributed by atoms with van der Waals surface area (Å²) in [5, 5.41) is 2.84. The van der Waals surface area contributed by atoms with Crippen LogP contribution in [-0.2, 0) is 14.3 Å². The summed E-state index contributed by atoms with van der Waals surface area (Å²) in [7, 11) is 0. The molecule has 3 aromatic carbocycles. The highest BCUT2D eigenvalue weighted by atomic mass is 16.5. The fourth-order valence-electron chi connectivity index (χ4n) is 3.19. The molecule has 29 heavy (non-hydrogen) atoms. The number of ether oxygens (including phenoxy) is 1. The van der Waals surface area contributed by atoms with Gasteiger partial charge in [0.25, 0.3) is 5.91 Å². The molecule has 0 radical (unpaired) electrons. The highest BCUT2D eigenvalue weighted by Gasteiger charge is 2.24. The Labute approximate surface area is 171 Å². The van der Waals surface area contributed by atoms with Crippen LogP contribution in [0.1, 0.15) is 35.4 Å². The lowest BCUT2D eigenvalue weighted by Gasteiger charge is -2.17. The number of amides is 1. The molecule has 0 saturated carbocycles. The highest BCUT2D eigenvalue weighted by molar-refractivity contribution is 5.85. The molecule has 0 fully saturated rings. The maximum absolute atomic E-state index is 12.8. The second-order valence-corrected chi connectivity index (χ2v) is 6.98. The summed E-state index contributed by atoms with van der Waals surface area (Å²) in [6.07, 6.45) is 0. The van der Waals surface area contributed by atoms with E-state index in [1.807, 2.05) is 97.9 Å². The van der Waals surface area contributed by atoms with Crippen LogP contribution < -0.4 is 5.32 Å². The van der Waals surface area contributed by atoms with E-state index in [4.69, 9.17) is 4.74 Å². The van der Waals surface area contributed by atoms with Crippen molar-refractivity contribution >= 4 is 11.9 Å². The first-order chi connectivity index (χ1) is 14.1. The largest absolute Gasteiger partial charge is 0.455 e. The Balaban J connectivity index is 1.58. The van der Waals surface area contributed by atoms with Gasteiger partial charge >= 0.3 is 5.97 Å². The molecular formula is C25H25NO3. The van der Waals surface area contributed by atoms with E-state index in [-0.39, 0.29) is 18.4 Å². The minimum atomic E-state index is -0.562. The first-order valence-electron chi connectivity index (χ1n) is 9.73. The summed E-state index contributed by atoms with van der Waals surface area (Å²) < 4.78 is 5.36. The number of carbonyl (C=O) groups is 2. The van der Waals surface area contributed by atoms with Crippen molar-refractivity contribution in [2.24, 2.45) is 0 Å². The molecule has 148 valence electrons. The average molecular weight is 387 g/mol. The Hall–Kier alpha value is -3.40.